The Morgan fingerprint density at radius 3 is 2.59 bits per heavy atom. The molecule has 17 heavy (non-hydrogen) atoms. The van der Waals surface area contributed by atoms with Crippen molar-refractivity contribution in [3.05, 3.63) is 28.0 Å². The van der Waals surface area contributed by atoms with Gasteiger partial charge in [0.25, 0.3) is 0 Å². The molecule has 1 unspecified atom stereocenters. The van der Waals surface area contributed by atoms with Crippen molar-refractivity contribution < 1.29 is 0 Å². The van der Waals surface area contributed by atoms with Crippen molar-refractivity contribution in [3.8, 4) is 0 Å². The van der Waals surface area contributed by atoms with Gasteiger partial charge < -0.3 is 5.32 Å². The molecule has 0 amide bonds. The van der Waals surface area contributed by atoms with Gasteiger partial charge in [-0.15, -0.1) is 0 Å². The van der Waals surface area contributed by atoms with Crippen molar-refractivity contribution in [3.63, 3.8) is 0 Å². The van der Waals surface area contributed by atoms with Crippen molar-refractivity contribution >= 4 is 23.2 Å². The van der Waals surface area contributed by atoms with Crippen LogP contribution in [0, 0.1) is 5.92 Å². The van der Waals surface area contributed by atoms with Crippen LogP contribution in [0.15, 0.2) is 12.3 Å². The van der Waals surface area contributed by atoms with Crippen LogP contribution in [0.1, 0.15) is 32.9 Å². The van der Waals surface area contributed by atoms with Crippen LogP contribution in [-0.4, -0.2) is 17.6 Å². The van der Waals surface area contributed by atoms with E-state index in [9.17, 15) is 0 Å². The lowest BCUT2D eigenvalue weighted by atomic mass is 9.99. The summed E-state index contributed by atoms with van der Waals surface area (Å²) < 4.78 is 0. The highest BCUT2D eigenvalue weighted by Crippen LogP contribution is 2.21. The standard InChI is InChI=1S/C13H20Cl2N2/c1-4-16-11(5-9(2)3)7-13-12(15)6-10(14)8-17-13/h6,8-9,11,16H,4-5,7H2,1-3H3. The number of hydrogen-bond acceptors (Lipinski definition) is 2. The second-order valence-corrected chi connectivity index (χ2v) is 5.51. The molecular weight excluding hydrogens is 255 g/mol. The van der Waals surface area contributed by atoms with E-state index in [0.717, 1.165) is 25.1 Å². The first-order valence-electron chi connectivity index (χ1n) is 6.06. The molecule has 0 saturated heterocycles. The zero-order valence-electron chi connectivity index (χ0n) is 10.6. The monoisotopic (exact) mass is 274 g/mol. The first-order chi connectivity index (χ1) is 8.02. The first-order valence-corrected chi connectivity index (χ1v) is 6.81. The molecule has 0 bridgehead atoms. The van der Waals surface area contributed by atoms with Crippen LogP contribution in [0.5, 0.6) is 0 Å². The smallest absolute Gasteiger partial charge is 0.0636 e. The van der Waals surface area contributed by atoms with Crippen molar-refractivity contribution in [2.45, 2.75) is 39.7 Å². The molecule has 0 aliphatic heterocycles. The molecule has 0 aromatic carbocycles. The topological polar surface area (TPSA) is 24.9 Å². The minimum Gasteiger partial charge on any atom is -0.314 e. The number of pyridine rings is 1. The Morgan fingerprint density at radius 1 is 1.35 bits per heavy atom. The number of hydrogen-bond donors (Lipinski definition) is 1. The summed E-state index contributed by atoms with van der Waals surface area (Å²) in [6.07, 6.45) is 3.62. The van der Waals surface area contributed by atoms with Gasteiger partial charge in [-0.1, -0.05) is 44.0 Å². The predicted molar refractivity (Wildman–Crippen MR) is 74.9 cm³/mol. The average Bonchev–Trinajstić information content (AvgIpc) is 2.21. The number of nitrogens with one attached hydrogen (secondary N) is 1. The van der Waals surface area contributed by atoms with Crippen LogP contribution >= 0.6 is 23.2 Å². The summed E-state index contributed by atoms with van der Waals surface area (Å²) in [4.78, 5) is 4.30. The van der Waals surface area contributed by atoms with Gasteiger partial charge >= 0.3 is 0 Å². The molecule has 2 nitrogen and oxygen atoms in total. The van der Waals surface area contributed by atoms with Crippen molar-refractivity contribution in [2.75, 3.05) is 6.54 Å². The van der Waals surface area contributed by atoms with Crippen LogP contribution in [0.3, 0.4) is 0 Å². The maximum Gasteiger partial charge on any atom is 0.0636 e. The summed E-state index contributed by atoms with van der Waals surface area (Å²) in [5.74, 6) is 0.658. The van der Waals surface area contributed by atoms with E-state index in [1.807, 2.05) is 0 Å². The van der Waals surface area contributed by atoms with Crippen LogP contribution < -0.4 is 5.32 Å². The van der Waals surface area contributed by atoms with E-state index in [1.54, 1.807) is 12.3 Å². The first kappa shape index (κ1) is 14.7. The zero-order valence-corrected chi connectivity index (χ0v) is 12.1. The fourth-order valence-corrected chi connectivity index (χ4v) is 2.38. The number of nitrogens with zero attached hydrogens (tertiary/aromatic N) is 1. The Morgan fingerprint density at radius 2 is 2.06 bits per heavy atom. The maximum atomic E-state index is 6.14. The summed E-state index contributed by atoms with van der Waals surface area (Å²) in [5, 5.41) is 4.72. The molecule has 0 aliphatic carbocycles. The van der Waals surface area contributed by atoms with Gasteiger partial charge in [-0.3, -0.25) is 4.98 Å². The summed E-state index contributed by atoms with van der Waals surface area (Å²) >= 11 is 12.0. The molecule has 0 aliphatic rings. The summed E-state index contributed by atoms with van der Waals surface area (Å²) in [6.45, 7) is 7.52. The van der Waals surface area contributed by atoms with Gasteiger partial charge in [0.15, 0.2) is 0 Å². The number of rotatable bonds is 6. The fourth-order valence-electron chi connectivity index (χ4n) is 1.92. The molecule has 1 aromatic heterocycles. The van der Waals surface area contributed by atoms with Gasteiger partial charge in [-0.05, 0) is 24.9 Å². The van der Waals surface area contributed by atoms with Crippen molar-refractivity contribution in [2.24, 2.45) is 5.92 Å². The van der Waals surface area contributed by atoms with Crippen LogP contribution in [0.4, 0.5) is 0 Å². The summed E-state index contributed by atoms with van der Waals surface area (Å²) in [7, 11) is 0. The highest BCUT2D eigenvalue weighted by Gasteiger charge is 2.13. The second-order valence-electron chi connectivity index (χ2n) is 4.67. The quantitative estimate of drug-likeness (QED) is 0.850. The van der Waals surface area contributed by atoms with E-state index in [0.29, 0.717) is 22.0 Å². The number of aromatic nitrogens is 1. The minimum atomic E-state index is 0.422. The predicted octanol–water partition coefficient (Wildman–Crippen LogP) is 3.96. The number of likely N-dealkylation sites (N-methyl/N-ethyl adjacent to an activating group) is 1. The molecule has 1 rings (SSSR count). The third-order valence-electron chi connectivity index (χ3n) is 2.57. The molecule has 1 aromatic rings. The third-order valence-corrected chi connectivity index (χ3v) is 3.11. The largest absolute Gasteiger partial charge is 0.314 e. The zero-order chi connectivity index (χ0) is 12.8. The van der Waals surface area contributed by atoms with Gasteiger partial charge in [-0.25, -0.2) is 0 Å². The van der Waals surface area contributed by atoms with E-state index in [-0.39, 0.29) is 0 Å². The Hall–Kier alpha value is -0.310. The Kier molecular flexibility index (Phi) is 6.24. The molecule has 1 N–H and O–H groups in total. The Balaban J connectivity index is 2.71. The lowest BCUT2D eigenvalue weighted by Gasteiger charge is -2.20. The van der Waals surface area contributed by atoms with Gasteiger partial charge in [0.2, 0.25) is 0 Å². The molecule has 1 heterocycles. The second kappa shape index (κ2) is 7.20. The molecule has 4 heteroatoms. The SMILES string of the molecule is CCNC(Cc1ncc(Cl)cc1Cl)CC(C)C. The molecule has 1 atom stereocenters. The van der Waals surface area contributed by atoms with Crippen LogP contribution in [-0.2, 0) is 6.42 Å². The van der Waals surface area contributed by atoms with Crippen molar-refractivity contribution in [1.82, 2.24) is 10.3 Å². The van der Waals surface area contributed by atoms with Crippen molar-refractivity contribution in [1.29, 1.82) is 0 Å². The Bertz CT molecular complexity index is 353. The normalized spacial score (nSPS) is 13.1. The summed E-state index contributed by atoms with van der Waals surface area (Å²) in [5.41, 5.74) is 0.919. The summed E-state index contributed by atoms with van der Waals surface area (Å²) in [6, 6.07) is 2.18. The van der Waals surface area contributed by atoms with Gasteiger partial charge in [0.1, 0.15) is 0 Å². The lowest BCUT2D eigenvalue weighted by Crippen LogP contribution is -2.32. The minimum absolute atomic E-state index is 0.422. The maximum absolute atomic E-state index is 6.14. The molecule has 0 spiro atoms. The van der Waals surface area contributed by atoms with Crippen LogP contribution in [0.25, 0.3) is 0 Å². The highest BCUT2D eigenvalue weighted by atomic mass is 35.5. The van der Waals surface area contributed by atoms with Gasteiger partial charge in [0.05, 0.1) is 15.7 Å². The van der Waals surface area contributed by atoms with E-state index >= 15 is 0 Å². The van der Waals surface area contributed by atoms with Crippen LogP contribution in [0.2, 0.25) is 10.0 Å². The van der Waals surface area contributed by atoms with E-state index in [2.05, 4.69) is 31.1 Å². The van der Waals surface area contributed by atoms with E-state index in [4.69, 9.17) is 23.2 Å². The highest BCUT2D eigenvalue weighted by molar-refractivity contribution is 6.34. The lowest BCUT2D eigenvalue weighted by molar-refractivity contribution is 0.421. The molecule has 0 radical (unpaired) electrons. The van der Waals surface area contributed by atoms with E-state index in [1.165, 1.54) is 0 Å². The fraction of sp³-hybridized carbons (Fsp3) is 0.615. The molecule has 0 fully saturated rings. The molecule has 0 saturated carbocycles. The van der Waals surface area contributed by atoms with Gasteiger partial charge in [-0.2, -0.15) is 0 Å². The van der Waals surface area contributed by atoms with Gasteiger partial charge in [0, 0.05) is 18.7 Å². The number of halogens is 2. The molecular formula is C13H20Cl2N2. The third kappa shape index (κ3) is 5.24. The Labute approximate surface area is 114 Å². The molecule has 96 valence electrons. The average molecular weight is 275 g/mol. The van der Waals surface area contributed by atoms with E-state index < -0.39 is 0 Å².